The first-order valence-corrected chi connectivity index (χ1v) is 7.22. The second kappa shape index (κ2) is 5.61. The summed E-state index contributed by atoms with van der Waals surface area (Å²) < 4.78 is 26.1. The van der Waals surface area contributed by atoms with Gasteiger partial charge in [0.15, 0.2) is 0 Å². The van der Waals surface area contributed by atoms with Gasteiger partial charge < -0.3 is 5.11 Å². The highest BCUT2D eigenvalue weighted by Gasteiger charge is 2.19. The lowest BCUT2D eigenvalue weighted by Gasteiger charge is -2.10. The number of nitrogens with one attached hydrogen (secondary N) is 1. The molecule has 0 aliphatic heterocycles. The van der Waals surface area contributed by atoms with Crippen molar-refractivity contribution in [1.82, 2.24) is 4.72 Å². The quantitative estimate of drug-likeness (QED) is 0.857. The van der Waals surface area contributed by atoms with Gasteiger partial charge in [0, 0.05) is 4.47 Å². The molecule has 0 saturated carbocycles. The van der Waals surface area contributed by atoms with Gasteiger partial charge in [0.1, 0.15) is 6.04 Å². The molecule has 0 radical (unpaired) electrons. The fraction of sp³-hybridized carbons (Fsp3) is 0.300. The molecule has 0 aromatic heterocycles. The van der Waals surface area contributed by atoms with Gasteiger partial charge in [-0.05, 0) is 24.6 Å². The van der Waals surface area contributed by atoms with Crippen LogP contribution in [-0.2, 0) is 20.6 Å². The topological polar surface area (TPSA) is 83.5 Å². The highest BCUT2D eigenvalue weighted by molar-refractivity contribution is 9.10. The highest BCUT2D eigenvalue weighted by Crippen LogP contribution is 2.13. The van der Waals surface area contributed by atoms with Crippen LogP contribution >= 0.6 is 15.9 Å². The van der Waals surface area contributed by atoms with Crippen molar-refractivity contribution >= 4 is 31.9 Å². The van der Waals surface area contributed by atoms with Crippen molar-refractivity contribution in [1.29, 1.82) is 0 Å². The van der Waals surface area contributed by atoms with Crippen LogP contribution in [0, 0.1) is 0 Å². The van der Waals surface area contributed by atoms with Gasteiger partial charge in [-0.1, -0.05) is 28.1 Å². The molecule has 5 nitrogen and oxygen atoms in total. The molecule has 1 unspecified atom stereocenters. The first-order valence-electron chi connectivity index (χ1n) is 4.77. The monoisotopic (exact) mass is 321 g/mol. The normalized spacial score (nSPS) is 13.3. The van der Waals surface area contributed by atoms with Gasteiger partial charge in [-0.2, -0.15) is 0 Å². The van der Waals surface area contributed by atoms with E-state index >= 15 is 0 Å². The summed E-state index contributed by atoms with van der Waals surface area (Å²) in [5.41, 5.74) is 0.587. The fourth-order valence-corrected chi connectivity index (χ4v) is 3.00. The third-order valence-electron chi connectivity index (χ3n) is 1.97. The van der Waals surface area contributed by atoms with E-state index in [2.05, 4.69) is 20.7 Å². The zero-order chi connectivity index (χ0) is 13.1. The molecular formula is C10H12BrNO4S. The summed E-state index contributed by atoms with van der Waals surface area (Å²) in [4.78, 5) is 10.5. The van der Waals surface area contributed by atoms with E-state index in [1.165, 1.54) is 6.92 Å². The van der Waals surface area contributed by atoms with E-state index < -0.39 is 22.0 Å². The first kappa shape index (κ1) is 14.1. The summed E-state index contributed by atoms with van der Waals surface area (Å²) in [5.74, 6) is -1.45. The second-order valence-corrected chi connectivity index (χ2v) is 6.24. The smallest absolute Gasteiger partial charge is 0.321 e. The third-order valence-corrected chi connectivity index (χ3v) is 3.89. The van der Waals surface area contributed by atoms with E-state index in [1.54, 1.807) is 24.3 Å². The molecule has 0 aliphatic rings. The molecule has 0 heterocycles. The van der Waals surface area contributed by atoms with E-state index in [1.807, 2.05) is 0 Å². The number of sulfonamides is 1. The summed E-state index contributed by atoms with van der Waals surface area (Å²) >= 11 is 3.23. The first-order chi connectivity index (χ1) is 7.80. The van der Waals surface area contributed by atoms with Crippen molar-refractivity contribution in [2.45, 2.75) is 18.7 Å². The fourth-order valence-electron chi connectivity index (χ4n) is 1.21. The maximum Gasteiger partial charge on any atom is 0.321 e. The maximum absolute atomic E-state index is 11.6. The number of carboxylic acids is 1. The number of rotatable bonds is 5. The Morgan fingerprint density at radius 2 is 2.18 bits per heavy atom. The van der Waals surface area contributed by atoms with E-state index in [-0.39, 0.29) is 5.75 Å². The summed E-state index contributed by atoms with van der Waals surface area (Å²) in [6.07, 6.45) is 0. The van der Waals surface area contributed by atoms with Crippen molar-refractivity contribution in [3.05, 3.63) is 34.3 Å². The molecule has 2 N–H and O–H groups in total. The van der Waals surface area contributed by atoms with Crippen molar-refractivity contribution in [2.24, 2.45) is 0 Å². The zero-order valence-corrected chi connectivity index (χ0v) is 11.5. The van der Waals surface area contributed by atoms with Crippen LogP contribution in [0.3, 0.4) is 0 Å². The largest absolute Gasteiger partial charge is 0.480 e. The number of hydrogen-bond acceptors (Lipinski definition) is 3. The van der Waals surface area contributed by atoms with Gasteiger partial charge in [-0.3, -0.25) is 4.79 Å². The predicted octanol–water partition coefficient (Wildman–Crippen LogP) is 1.34. The zero-order valence-electron chi connectivity index (χ0n) is 9.05. The Balaban J connectivity index is 2.77. The molecule has 94 valence electrons. The Morgan fingerprint density at radius 3 is 2.71 bits per heavy atom. The number of aliphatic carboxylic acids is 1. The molecule has 0 aliphatic carbocycles. The van der Waals surface area contributed by atoms with E-state index in [9.17, 15) is 13.2 Å². The van der Waals surface area contributed by atoms with Gasteiger partial charge in [0.2, 0.25) is 10.0 Å². The molecule has 1 aromatic carbocycles. The minimum Gasteiger partial charge on any atom is -0.480 e. The summed E-state index contributed by atoms with van der Waals surface area (Å²) in [6.45, 7) is 1.28. The van der Waals surface area contributed by atoms with E-state index in [4.69, 9.17) is 5.11 Å². The lowest BCUT2D eigenvalue weighted by molar-refractivity contribution is -0.138. The molecule has 0 amide bonds. The van der Waals surface area contributed by atoms with Crippen LogP contribution in [0.4, 0.5) is 0 Å². The van der Waals surface area contributed by atoms with Crippen LogP contribution in [0.15, 0.2) is 28.7 Å². The van der Waals surface area contributed by atoms with Crippen LogP contribution in [0.5, 0.6) is 0 Å². The van der Waals surface area contributed by atoms with Gasteiger partial charge in [-0.15, -0.1) is 0 Å². The average molecular weight is 322 g/mol. The summed E-state index contributed by atoms with van der Waals surface area (Å²) in [5, 5.41) is 8.62. The molecule has 0 bridgehead atoms. The van der Waals surface area contributed by atoms with Crippen LogP contribution in [0.25, 0.3) is 0 Å². The lowest BCUT2D eigenvalue weighted by Crippen LogP contribution is -2.38. The molecule has 1 aromatic rings. The number of benzene rings is 1. The third kappa shape index (κ3) is 4.84. The Labute approximate surface area is 108 Å². The lowest BCUT2D eigenvalue weighted by atomic mass is 10.2. The molecule has 1 rings (SSSR count). The molecule has 0 spiro atoms. The van der Waals surface area contributed by atoms with Gasteiger partial charge in [0.05, 0.1) is 5.75 Å². The number of carbonyl (C=O) groups is 1. The molecular weight excluding hydrogens is 310 g/mol. The van der Waals surface area contributed by atoms with Crippen molar-refractivity contribution in [2.75, 3.05) is 0 Å². The van der Waals surface area contributed by atoms with Gasteiger partial charge in [-0.25, -0.2) is 13.1 Å². The molecule has 0 saturated heterocycles. The minimum absolute atomic E-state index is 0.246. The van der Waals surface area contributed by atoms with Crippen molar-refractivity contribution < 1.29 is 18.3 Å². The number of hydrogen-bond donors (Lipinski definition) is 2. The van der Waals surface area contributed by atoms with E-state index in [0.29, 0.717) is 5.56 Å². The van der Waals surface area contributed by atoms with Crippen molar-refractivity contribution in [3.63, 3.8) is 0 Å². The summed E-state index contributed by atoms with van der Waals surface area (Å²) in [6, 6.07) is 5.70. The Bertz CT molecular complexity index is 515. The molecule has 17 heavy (non-hydrogen) atoms. The molecule has 0 fully saturated rings. The predicted molar refractivity (Wildman–Crippen MR) is 67.0 cm³/mol. The van der Waals surface area contributed by atoms with Crippen LogP contribution in [0.2, 0.25) is 0 Å². The van der Waals surface area contributed by atoms with Gasteiger partial charge in [0.25, 0.3) is 0 Å². The number of carboxylic acid groups (broad SMARTS) is 1. The standard InChI is InChI=1S/C10H12BrNO4S/c1-7(10(13)14)12-17(15,16)6-8-3-2-4-9(11)5-8/h2-5,7,12H,6H2,1H3,(H,13,14). The number of halogens is 1. The van der Waals surface area contributed by atoms with Crippen molar-refractivity contribution in [3.8, 4) is 0 Å². The van der Waals surface area contributed by atoms with Crippen LogP contribution < -0.4 is 4.72 Å². The Morgan fingerprint density at radius 1 is 1.53 bits per heavy atom. The van der Waals surface area contributed by atoms with E-state index in [0.717, 1.165) is 4.47 Å². The SMILES string of the molecule is CC(NS(=O)(=O)Cc1cccc(Br)c1)C(=O)O. The van der Waals surface area contributed by atoms with Crippen LogP contribution in [-0.4, -0.2) is 25.5 Å². The molecule has 1 atom stereocenters. The minimum atomic E-state index is -3.65. The highest BCUT2D eigenvalue weighted by atomic mass is 79.9. The Kier molecular flexibility index (Phi) is 4.67. The molecule has 7 heteroatoms. The van der Waals surface area contributed by atoms with Crippen LogP contribution in [0.1, 0.15) is 12.5 Å². The summed E-state index contributed by atoms with van der Waals surface area (Å²) in [7, 11) is -3.65. The second-order valence-electron chi connectivity index (χ2n) is 3.57. The van der Waals surface area contributed by atoms with Gasteiger partial charge >= 0.3 is 5.97 Å². The maximum atomic E-state index is 11.6. The Hall–Kier alpha value is -0.920. The average Bonchev–Trinajstić information content (AvgIpc) is 2.15.